The molecule has 0 aliphatic heterocycles. The van der Waals surface area contributed by atoms with Gasteiger partial charge in [0.15, 0.2) is 0 Å². The number of benzene rings is 1. The molecule has 0 fully saturated rings. The van der Waals surface area contributed by atoms with Crippen molar-refractivity contribution in [2.45, 2.75) is 26.3 Å². The molecule has 100 valence electrons. The molecule has 0 saturated heterocycles. The molecule has 2 rings (SSSR count). The Balaban J connectivity index is 2.15. The lowest BCUT2D eigenvalue weighted by Crippen LogP contribution is -2.15. The zero-order valence-corrected chi connectivity index (χ0v) is 11.2. The third kappa shape index (κ3) is 4.14. The van der Waals surface area contributed by atoms with E-state index in [9.17, 15) is 4.39 Å². The monoisotopic (exact) mass is 258 g/mol. The van der Waals surface area contributed by atoms with Crippen LogP contribution in [0.1, 0.15) is 30.0 Å². The van der Waals surface area contributed by atoms with Gasteiger partial charge < -0.3 is 5.32 Å². The molecule has 0 unspecified atom stereocenters. The first-order chi connectivity index (χ1) is 9.29. The van der Waals surface area contributed by atoms with Gasteiger partial charge in [0, 0.05) is 18.9 Å². The molecule has 19 heavy (non-hydrogen) atoms. The van der Waals surface area contributed by atoms with Crippen molar-refractivity contribution in [3.63, 3.8) is 0 Å². The van der Waals surface area contributed by atoms with E-state index in [-0.39, 0.29) is 5.82 Å². The maximum absolute atomic E-state index is 13.4. The van der Waals surface area contributed by atoms with Crippen LogP contribution < -0.4 is 5.32 Å². The molecule has 0 bridgehead atoms. The van der Waals surface area contributed by atoms with Gasteiger partial charge in [-0.15, -0.1) is 0 Å². The van der Waals surface area contributed by atoms with Crippen LogP contribution in [0.3, 0.4) is 0 Å². The Morgan fingerprint density at radius 1 is 1.21 bits per heavy atom. The van der Waals surface area contributed by atoms with Crippen LogP contribution in [0.5, 0.6) is 0 Å². The van der Waals surface area contributed by atoms with Gasteiger partial charge in [0.05, 0.1) is 0 Å². The molecular weight excluding hydrogens is 239 g/mol. The minimum Gasteiger partial charge on any atom is -0.313 e. The number of nitrogens with one attached hydrogen (secondary N) is 1. The van der Waals surface area contributed by atoms with E-state index in [1.807, 2.05) is 24.4 Å². The third-order valence-corrected chi connectivity index (χ3v) is 3.03. The van der Waals surface area contributed by atoms with Crippen molar-refractivity contribution in [3.05, 3.63) is 65.2 Å². The molecule has 0 amide bonds. The SMILES string of the molecule is CCCNCc1ccc(F)cc1Cc1cccnc1. The van der Waals surface area contributed by atoms with Crippen molar-refractivity contribution in [1.29, 1.82) is 0 Å². The lowest BCUT2D eigenvalue weighted by Gasteiger charge is -2.10. The Morgan fingerprint density at radius 2 is 2.11 bits per heavy atom. The van der Waals surface area contributed by atoms with Crippen molar-refractivity contribution >= 4 is 0 Å². The summed E-state index contributed by atoms with van der Waals surface area (Å²) in [4.78, 5) is 4.10. The highest BCUT2D eigenvalue weighted by molar-refractivity contribution is 5.32. The second-order valence-corrected chi connectivity index (χ2v) is 4.63. The number of pyridine rings is 1. The smallest absolute Gasteiger partial charge is 0.123 e. The van der Waals surface area contributed by atoms with Crippen LogP contribution >= 0.6 is 0 Å². The molecule has 2 aromatic rings. The zero-order chi connectivity index (χ0) is 13.5. The summed E-state index contributed by atoms with van der Waals surface area (Å²) < 4.78 is 13.4. The van der Waals surface area contributed by atoms with E-state index in [0.717, 1.165) is 42.6 Å². The van der Waals surface area contributed by atoms with Gasteiger partial charge >= 0.3 is 0 Å². The van der Waals surface area contributed by atoms with E-state index < -0.39 is 0 Å². The fourth-order valence-electron chi connectivity index (χ4n) is 2.05. The minimum atomic E-state index is -0.182. The van der Waals surface area contributed by atoms with Crippen LogP contribution in [-0.4, -0.2) is 11.5 Å². The molecule has 0 spiro atoms. The second kappa shape index (κ2) is 7.00. The van der Waals surface area contributed by atoms with Crippen molar-refractivity contribution in [2.24, 2.45) is 0 Å². The zero-order valence-electron chi connectivity index (χ0n) is 11.2. The first kappa shape index (κ1) is 13.7. The molecular formula is C16H19FN2. The van der Waals surface area contributed by atoms with E-state index >= 15 is 0 Å². The highest BCUT2D eigenvalue weighted by atomic mass is 19.1. The Hall–Kier alpha value is -1.74. The largest absolute Gasteiger partial charge is 0.313 e. The molecule has 1 heterocycles. The summed E-state index contributed by atoms with van der Waals surface area (Å²) in [6, 6.07) is 8.93. The molecule has 0 aliphatic carbocycles. The maximum atomic E-state index is 13.4. The summed E-state index contributed by atoms with van der Waals surface area (Å²) in [7, 11) is 0. The fraction of sp³-hybridized carbons (Fsp3) is 0.312. The van der Waals surface area contributed by atoms with Crippen LogP contribution in [0.15, 0.2) is 42.7 Å². The first-order valence-corrected chi connectivity index (χ1v) is 6.66. The summed E-state index contributed by atoms with van der Waals surface area (Å²) in [6.07, 6.45) is 5.39. The van der Waals surface area contributed by atoms with Crippen LogP contribution in [0.25, 0.3) is 0 Å². The molecule has 1 N–H and O–H groups in total. The van der Waals surface area contributed by atoms with Gasteiger partial charge in [-0.3, -0.25) is 4.98 Å². The maximum Gasteiger partial charge on any atom is 0.123 e. The lowest BCUT2D eigenvalue weighted by molar-refractivity contribution is 0.621. The summed E-state index contributed by atoms with van der Waals surface area (Å²) in [5.74, 6) is -0.182. The Labute approximate surface area is 113 Å². The van der Waals surface area contributed by atoms with E-state index in [1.54, 1.807) is 12.3 Å². The topological polar surface area (TPSA) is 24.9 Å². The van der Waals surface area contributed by atoms with Crippen LogP contribution in [0.2, 0.25) is 0 Å². The van der Waals surface area contributed by atoms with Crippen molar-refractivity contribution in [3.8, 4) is 0 Å². The summed E-state index contributed by atoms with van der Waals surface area (Å²) in [6.45, 7) is 3.89. The number of nitrogens with zero attached hydrogens (tertiary/aromatic N) is 1. The van der Waals surface area contributed by atoms with Crippen LogP contribution in [0.4, 0.5) is 4.39 Å². The number of hydrogen-bond donors (Lipinski definition) is 1. The average Bonchev–Trinajstić information content (AvgIpc) is 2.43. The Morgan fingerprint density at radius 3 is 2.84 bits per heavy atom. The highest BCUT2D eigenvalue weighted by Gasteiger charge is 2.05. The Bertz CT molecular complexity index is 511. The molecule has 0 saturated carbocycles. The molecule has 3 heteroatoms. The number of aromatic nitrogens is 1. The predicted molar refractivity (Wildman–Crippen MR) is 75.4 cm³/mol. The van der Waals surface area contributed by atoms with Gasteiger partial charge in [-0.05, 0) is 54.3 Å². The van der Waals surface area contributed by atoms with Crippen LogP contribution in [0, 0.1) is 5.82 Å². The number of halogens is 1. The van der Waals surface area contributed by atoms with E-state index in [4.69, 9.17) is 0 Å². The summed E-state index contributed by atoms with van der Waals surface area (Å²) in [5.41, 5.74) is 3.28. The lowest BCUT2D eigenvalue weighted by atomic mass is 10.0. The van der Waals surface area contributed by atoms with Gasteiger partial charge in [-0.1, -0.05) is 19.1 Å². The van der Waals surface area contributed by atoms with Gasteiger partial charge in [0.25, 0.3) is 0 Å². The minimum absolute atomic E-state index is 0.182. The normalized spacial score (nSPS) is 10.6. The average molecular weight is 258 g/mol. The third-order valence-electron chi connectivity index (χ3n) is 3.03. The molecule has 0 aliphatic rings. The number of hydrogen-bond acceptors (Lipinski definition) is 2. The Kier molecular flexibility index (Phi) is 5.04. The standard InChI is InChI=1S/C16H19FN2/c1-2-7-18-12-14-5-6-16(17)10-15(14)9-13-4-3-8-19-11-13/h3-6,8,10-11,18H,2,7,9,12H2,1H3. The second-order valence-electron chi connectivity index (χ2n) is 4.63. The van der Waals surface area contributed by atoms with Gasteiger partial charge in [-0.25, -0.2) is 4.39 Å². The van der Waals surface area contributed by atoms with E-state index in [1.165, 1.54) is 6.07 Å². The molecule has 0 atom stereocenters. The number of rotatable bonds is 6. The molecule has 2 nitrogen and oxygen atoms in total. The van der Waals surface area contributed by atoms with Crippen LogP contribution in [-0.2, 0) is 13.0 Å². The quantitative estimate of drug-likeness (QED) is 0.804. The van der Waals surface area contributed by atoms with Crippen molar-refractivity contribution in [2.75, 3.05) is 6.54 Å². The summed E-state index contributed by atoms with van der Waals surface area (Å²) in [5, 5.41) is 3.36. The highest BCUT2D eigenvalue weighted by Crippen LogP contribution is 2.15. The molecule has 0 radical (unpaired) electrons. The fourth-order valence-corrected chi connectivity index (χ4v) is 2.05. The van der Waals surface area contributed by atoms with Gasteiger partial charge in [0.2, 0.25) is 0 Å². The van der Waals surface area contributed by atoms with Crippen molar-refractivity contribution < 1.29 is 4.39 Å². The predicted octanol–water partition coefficient (Wildman–Crippen LogP) is 3.31. The molecule has 1 aromatic carbocycles. The van der Waals surface area contributed by atoms with E-state index in [0.29, 0.717) is 0 Å². The van der Waals surface area contributed by atoms with Crippen molar-refractivity contribution in [1.82, 2.24) is 10.3 Å². The van der Waals surface area contributed by atoms with Gasteiger partial charge in [0.1, 0.15) is 5.82 Å². The molecule has 1 aromatic heterocycles. The van der Waals surface area contributed by atoms with Gasteiger partial charge in [-0.2, -0.15) is 0 Å². The first-order valence-electron chi connectivity index (χ1n) is 6.66. The van der Waals surface area contributed by atoms with E-state index in [2.05, 4.69) is 17.2 Å². The summed E-state index contributed by atoms with van der Waals surface area (Å²) >= 11 is 0.